The lowest BCUT2D eigenvalue weighted by molar-refractivity contribution is 0.464. The Morgan fingerprint density at radius 3 is 1.27 bits per heavy atom. The van der Waals surface area contributed by atoms with Crippen LogP contribution in [0.3, 0.4) is 0 Å². The molecule has 0 radical (unpaired) electrons. The minimum atomic E-state index is -3.58. The Kier molecular flexibility index (Phi) is 6.54. The van der Waals surface area contributed by atoms with Gasteiger partial charge in [-0.1, -0.05) is 121 Å². The highest BCUT2D eigenvalue weighted by molar-refractivity contribution is 7.86. The highest BCUT2D eigenvalue weighted by Crippen LogP contribution is 2.62. The van der Waals surface area contributed by atoms with E-state index in [1.54, 1.807) is 0 Å². The fraction of sp³-hybridized carbons (Fsp3) is 0.0455. The molecule has 0 N–H and O–H groups in total. The summed E-state index contributed by atoms with van der Waals surface area (Å²) >= 11 is 0. The molecule has 4 heteroatoms. The summed E-state index contributed by atoms with van der Waals surface area (Å²) in [7, 11) is -3.58. The van der Waals surface area contributed by atoms with Gasteiger partial charge in [-0.3, -0.25) is 0 Å². The van der Waals surface area contributed by atoms with Crippen LogP contribution < -0.4 is 25.4 Å². The maximum absolute atomic E-state index is 16.7. The Labute approximate surface area is 280 Å². The summed E-state index contributed by atoms with van der Waals surface area (Å²) in [5.41, 5.74) is 10.2. The zero-order valence-electron chi connectivity index (χ0n) is 26.6. The average molecular weight is 639 g/mol. The van der Waals surface area contributed by atoms with Gasteiger partial charge in [0.05, 0.1) is 10.6 Å². The number of fused-ring (bicyclic) bond motifs is 4. The highest BCUT2D eigenvalue weighted by Gasteiger charge is 2.49. The molecule has 0 saturated carbocycles. The number of rotatable bonds is 4. The van der Waals surface area contributed by atoms with Gasteiger partial charge in [0.2, 0.25) is 0 Å². The first-order chi connectivity index (χ1) is 23.5. The van der Waals surface area contributed by atoms with Gasteiger partial charge < -0.3 is 14.0 Å². The minimum absolute atomic E-state index is 0.593. The highest BCUT2D eigenvalue weighted by atomic mass is 31.2. The molecule has 7 aromatic rings. The molecule has 3 nitrogen and oxygen atoms in total. The standard InChI is InChI=1S/C44H31O3P/c1-28-13-9-11-19-34(28)36-27-37(35-20-12-10-14-29(35)2)43-44-42(36)46-38-23-21-32(30-15-5-3-6-16-30)25-40(38)48(44,45)41-26-33(22-24-39(41)47-43)31-17-7-4-8-18-31/h3-27H,1-2H3. The summed E-state index contributed by atoms with van der Waals surface area (Å²) in [5, 5.41) is 1.99. The van der Waals surface area contributed by atoms with Gasteiger partial charge in [0.1, 0.15) is 28.3 Å². The first kappa shape index (κ1) is 28.6. The largest absolute Gasteiger partial charge is 0.455 e. The van der Waals surface area contributed by atoms with Gasteiger partial charge in [-0.15, -0.1) is 0 Å². The third-order valence-corrected chi connectivity index (χ3v) is 12.7. The van der Waals surface area contributed by atoms with Gasteiger partial charge in [-0.25, -0.2) is 0 Å². The number of hydrogen-bond donors (Lipinski definition) is 0. The van der Waals surface area contributed by atoms with Crippen molar-refractivity contribution < 1.29 is 14.0 Å². The normalized spacial score (nSPS) is 13.4. The molecule has 0 unspecified atom stereocenters. The van der Waals surface area contributed by atoms with E-state index in [0.717, 1.165) is 55.6 Å². The van der Waals surface area contributed by atoms with E-state index >= 15 is 4.57 Å². The molecule has 0 aliphatic carbocycles. The van der Waals surface area contributed by atoms with Crippen molar-refractivity contribution in [3.63, 3.8) is 0 Å². The smallest absolute Gasteiger partial charge is 0.185 e. The zero-order chi connectivity index (χ0) is 32.4. The maximum atomic E-state index is 16.7. The molecule has 0 aromatic heterocycles. The van der Waals surface area contributed by atoms with E-state index in [-0.39, 0.29) is 0 Å². The molecule has 2 aliphatic rings. The molecule has 48 heavy (non-hydrogen) atoms. The third kappa shape index (κ3) is 4.32. The van der Waals surface area contributed by atoms with Crippen LogP contribution in [0.1, 0.15) is 11.1 Å². The van der Waals surface area contributed by atoms with Gasteiger partial charge >= 0.3 is 0 Å². The molecule has 0 spiro atoms. The Morgan fingerprint density at radius 2 is 0.833 bits per heavy atom. The summed E-state index contributed by atoms with van der Waals surface area (Å²) < 4.78 is 30.5. The second-order valence-corrected chi connectivity index (χ2v) is 15.1. The molecular formula is C44H31O3P. The van der Waals surface area contributed by atoms with Gasteiger partial charge in [-0.2, -0.15) is 0 Å². The molecule has 0 bridgehead atoms. The van der Waals surface area contributed by atoms with E-state index in [9.17, 15) is 0 Å². The van der Waals surface area contributed by atoms with Crippen molar-refractivity contribution in [1.82, 2.24) is 0 Å². The second-order valence-electron chi connectivity index (χ2n) is 12.5. The van der Waals surface area contributed by atoms with Crippen molar-refractivity contribution in [3.05, 3.63) is 163 Å². The average Bonchev–Trinajstić information content (AvgIpc) is 3.13. The predicted octanol–water partition coefficient (Wildman–Crippen LogP) is 10.8. The number of hydrogen-bond acceptors (Lipinski definition) is 3. The fourth-order valence-corrected chi connectivity index (χ4v) is 10.3. The molecule has 2 heterocycles. The Bertz CT molecular complexity index is 2280. The zero-order valence-corrected chi connectivity index (χ0v) is 27.5. The lowest BCUT2D eigenvalue weighted by Gasteiger charge is -2.37. The van der Waals surface area contributed by atoms with E-state index in [0.29, 0.717) is 38.9 Å². The number of aryl methyl sites for hydroxylation is 2. The Hall–Kier alpha value is -5.63. The predicted molar refractivity (Wildman–Crippen MR) is 197 cm³/mol. The monoisotopic (exact) mass is 638 g/mol. The SMILES string of the molecule is Cc1ccccc1-c1cc(-c2ccccc2C)c2c3c1Oc1ccc(-c4ccccc4)cc1P3(=O)c1cc(-c3ccccc3)ccc1O2. The maximum Gasteiger partial charge on any atom is 0.185 e. The van der Waals surface area contributed by atoms with Crippen LogP contribution in [-0.4, -0.2) is 0 Å². The van der Waals surface area contributed by atoms with Gasteiger partial charge in [-0.05, 0) is 88.7 Å². The summed E-state index contributed by atoms with van der Waals surface area (Å²) in [6.45, 7) is 4.21. The van der Waals surface area contributed by atoms with Gasteiger partial charge in [0, 0.05) is 11.1 Å². The van der Waals surface area contributed by atoms with E-state index < -0.39 is 7.14 Å². The Morgan fingerprint density at radius 1 is 0.417 bits per heavy atom. The van der Waals surface area contributed by atoms with Crippen molar-refractivity contribution >= 4 is 23.1 Å². The van der Waals surface area contributed by atoms with Crippen LogP contribution >= 0.6 is 7.14 Å². The topological polar surface area (TPSA) is 35.5 Å². The van der Waals surface area contributed by atoms with Crippen LogP contribution in [-0.2, 0) is 4.57 Å². The van der Waals surface area contributed by atoms with Crippen LogP contribution in [0, 0.1) is 13.8 Å². The quantitative estimate of drug-likeness (QED) is 0.180. The second kappa shape index (κ2) is 11.0. The third-order valence-electron chi connectivity index (χ3n) is 9.63. The molecule has 230 valence electrons. The van der Waals surface area contributed by atoms with Crippen LogP contribution in [0.2, 0.25) is 0 Å². The molecule has 0 fully saturated rings. The molecule has 7 aromatic carbocycles. The van der Waals surface area contributed by atoms with E-state index in [2.05, 4.69) is 92.7 Å². The van der Waals surface area contributed by atoms with Gasteiger partial charge in [0.25, 0.3) is 0 Å². The number of benzene rings is 7. The van der Waals surface area contributed by atoms with Gasteiger partial charge in [0.15, 0.2) is 7.14 Å². The van der Waals surface area contributed by atoms with Crippen molar-refractivity contribution in [2.45, 2.75) is 13.8 Å². The fourth-order valence-electron chi connectivity index (χ4n) is 7.19. The lowest BCUT2D eigenvalue weighted by atomic mass is 9.92. The van der Waals surface area contributed by atoms with E-state index in [1.807, 2.05) is 72.8 Å². The van der Waals surface area contributed by atoms with Crippen LogP contribution in [0.15, 0.2) is 152 Å². The Balaban J connectivity index is 1.41. The summed E-state index contributed by atoms with van der Waals surface area (Å²) in [6, 6.07) is 51.4. The lowest BCUT2D eigenvalue weighted by Crippen LogP contribution is -2.36. The minimum Gasteiger partial charge on any atom is -0.455 e. The first-order valence-electron chi connectivity index (χ1n) is 16.2. The van der Waals surface area contributed by atoms with E-state index in [1.165, 1.54) is 0 Å². The molecule has 0 saturated heterocycles. The molecule has 2 aliphatic heterocycles. The van der Waals surface area contributed by atoms with E-state index in [4.69, 9.17) is 9.47 Å². The molecule has 0 amide bonds. The van der Waals surface area contributed by atoms with Crippen LogP contribution in [0.25, 0.3) is 44.5 Å². The van der Waals surface area contributed by atoms with Crippen LogP contribution in [0.4, 0.5) is 0 Å². The summed E-state index contributed by atoms with van der Waals surface area (Å²) in [4.78, 5) is 0. The molecular weight excluding hydrogens is 607 g/mol. The molecule has 9 rings (SSSR count). The number of ether oxygens (including phenoxy) is 2. The van der Waals surface area contributed by atoms with Crippen molar-refractivity contribution in [2.24, 2.45) is 0 Å². The van der Waals surface area contributed by atoms with Crippen molar-refractivity contribution in [2.75, 3.05) is 0 Å². The first-order valence-corrected chi connectivity index (χ1v) is 17.9. The van der Waals surface area contributed by atoms with Crippen molar-refractivity contribution in [1.29, 1.82) is 0 Å². The van der Waals surface area contributed by atoms with Crippen molar-refractivity contribution in [3.8, 4) is 67.5 Å². The summed E-state index contributed by atoms with van der Waals surface area (Å²) in [6.07, 6.45) is 0. The molecule has 0 atom stereocenters. The van der Waals surface area contributed by atoms with Crippen LogP contribution in [0.5, 0.6) is 23.0 Å². The summed E-state index contributed by atoms with van der Waals surface area (Å²) in [5.74, 6) is 2.40.